The average Bonchev–Trinajstić information content (AvgIpc) is 3.49. The molecule has 1 heteroatoms. The average molecular weight is 716 g/mol. The second kappa shape index (κ2) is 13.7. The van der Waals surface area contributed by atoms with E-state index < -0.39 is 0 Å². The van der Waals surface area contributed by atoms with E-state index in [-0.39, 0.29) is 5.41 Å². The van der Waals surface area contributed by atoms with Crippen molar-refractivity contribution in [1.82, 2.24) is 0 Å². The molecule has 0 aliphatic heterocycles. The molecule has 56 heavy (non-hydrogen) atoms. The van der Waals surface area contributed by atoms with Gasteiger partial charge in [-0.2, -0.15) is 0 Å². The Balaban J connectivity index is 1.03. The first-order chi connectivity index (χ1) is 27.5. The number of hydrogen-bond donors (Lipinski definition) is 0. The first-order valence-corrected chi connectivity index (χ1v) is 19.5. The second-order valence-corrected chi connectivity index (χ2v) is 15.4. The van der Waals surface area contributed by atoms with Gasteiger partial charge in [-0.1, -0.05) is 184 Å². The normalized spacial score (nSPS) is 12.6. The third kappa shape index (κ3) is 5.90. The molecule has 0 spiro atoms. The summed E-state index contributed by atoms with van der Waals surface area (Å²) in [5, 5.41) is 2.52. The standard InChI is InChI=1S/C55H41N/c1-55(2)53-36-45(42-22-20-40(21-23-42)38-12-5-3-6-13-38)28-34-51(53)52-35-33-48(37-54(52)55)56(46-29-24-41(25-30-46)39-14-7-4-8-15-39)47-31-26-44(27-32-47)50-19-11-17-43-16-9-10-18-49(43)50/h3-37H,1-2H3. The van der Waals surface area contributed by atoms with Crippen LogP contribution in [0.4, 0.5) is 17.1 Å². The summed E-state index contributed by atoms with van der Waals surface area (Å²) in [4.78, 5) is 2.40. The van der Waals surface area contributed by atoms with Crippen molar-refractivity contribution in [2.75, 3.05) is 4.90 Å². The summed E-state index contributed by atoms with van der Waals surface area (Å²) in [5.41, 5.74) is 18.4. The van der Waals surface area contributed by atoms with E-state index in [1.807, 2.05) is 0 Å². The number of rotatable bonds is 7. The molecule has 0 heterocycles. The smallest absolute Gasteiger partial charge is 0.0465 e. The Bertz CT molecular complexity index is 2830. The third-order valence-electron chi connectivity index (χ3n) is 11.7. The Kier molecular flexibility index (Phi) is 8.23. The maximum atomic E-state index is 2.42. The molecule has 0 atom stereocenters. The van der Waals surface area contributed by atoms with Crippen molar-refractivity contribution in [3.8, 4) is 55.6 Å². The Morgan fingerprint density at radius 1 is 0.304 bits per heavy atom. The summed E-state index contributed by atoms with van der Waals surface area (Å²) in [6.45, 7) is 4.75. The number of benzene rings is 9. The fraction of sp³-hybridized carbons (Fsp3) is 0.0545. The van der Waals surface area contributed by atoms with Crippen LogP contribution in [0.1, 0.15) is 25.0 Å². The SMILES string of the molecule is CC1(C)c2cc(-c3ccc(-c4ccccc4)cc3)ccc2-c2ccc(N(c3ccc(-c4ccccc4)cc3)c3ccc(-c4cccc5ccccc45)cc3)cc21. The minimum atomic E-state index is -0.179. The Morgan fingerprint density at radius 3 is 1.36 bits per heavy atom. The lowest BCUT2D eigenvalue weighted by atomic mass is 9.81. The predicted octanol–water partition coefficient (Wildman–Crippen LogP) is 15.3. The van der Waals surface area contributed by atoms with Gasteiger partial charge in [0.1, 0.15) is 0 Å². The lowest BCUT2D eigenvalue weighted by molar-refractivity contribution is 0.660. The first-order valence-electron chi connectivity index (χ1n) is 19.5. The van der Waals surface area contributed by atoms with Crippen molar-refractivity contribution in [1.29, 1.82) is 0 Å². The third-order valence-corrected chi connectivity index (χ3v) is 11.7. The van der Waals surface area contributed by atoms with Gasteiger partial charge in [-0.25, -0.2) is 0 Å². The van der Waals surface area contributed by atoms with E-state index in [4.69, 9.17) is 0 Å². The van der Waals surface area contributed by atoms with Gasteiger partial charge < -0.3 is 4.90 Å². The summed E-state index contributed by atoms with van der Waals surface area (Å²) in [6, 6.07) is 77.5. The molecule has 1 aliphatic carbocycles. The highest BCUT2D eigenvalue weighted by Crippen LogP contribution is 2.52. The molecule has 266 valence electrons. The Labute approximate surface area is 329 Å². The van der Waals surface area contributed by atoms with Gasteiger partial charge >= 0.3 is 0 Å². The van der Waals surface area contributed by atoms with E-state index in [1.54, 1.807) is 0 Å². The molecule has 0 N–H and O–H groups in total. The Morgan fingerprint density at radius 2 is 0.732 bits per heavy atom. The molecular formula is C55H41N. The van der Waals surface area contributed by atoms with Gasteiger partial charge in [0.05, 0.1) is 0 Å². The molecule has 0 unspecified atom stereocenters. The first kappa shape index (κ1) is 33.6. The van der Waals surface area contributed by atoms with Crippen molar-refractivity contribution in [2.24, 2.45) is 0 Å². The molecule has 9 aromatic carbocycles. The van der Waals surface area contributed by atoms with Crippen molar-refractivity contribution in [2.45, 2.75) is 19.3 Å². The topological polar surface area (TPSA) is 3.24 Å². The predicted molar refractivity (Wildman–Crippen MR) is 238 cm³/mol. The number of fused-ring (bicyclic) bond motifs is 4. The monoisotopic (exact) mass is 715 g/mol. The van der Waals surface area contributed by atoms with Crippen molar-refractivity contribution >= 4 is 27.8 Å². The van der Waals surface area contributed by atoms with Crippen LogP contribution in [0.2, 0.25) is 0 Å². The minimum absolute atomic E-state index is 0.179. The summed E-state index contributed by atoms with van der Waals surface area (Å²) in [7, 11) is 0. The zero-order valence-electron chi connectivity index (χ0n) is 31.7. The van der Waals surface area contributed by atoms with Crippen LogP contribution in [0.5, 0.6) is 0 Å². The second-order valence-electron chi connectivity index (χ2n) is 15.4. The number of nitrogens with zero attached hydrogens (tertiary/aromatic N) is 1. The van der Waals surface area contributed by atoms with Gasteiger partial charge in [0.25, 0.3) is 0 Å². The van der Waals surface area contributed by atoms with Crippen LogP contribution in [0.3, 0.4) is 0 Å². The van der Waals surface area contributed by atoms with Gasteiger partial charge in [-0.15, -0.1) is 0 Å². The fourth-order valence-corrected chi connectivity index (χ4v) is 8.68. The maximum Gasteiger partial charge on any atom is 0.0465 e. The van der Waals surface area contributed by atoms with Crippen LogP contribution in [-0.4, -0.2) is 0 Å². The fourth-order valence-electron chi connectivity index (χ4n) is 8.68. The molecule has 10 rings (SSSR count). The lowest BCUT2D eigenvalue weighted by Gasteiger charge is -2.28. The van der Waals surface area contributed by atoms with Gasteiger partial charge in [0, 0.05) is 22.5 Å². The molecule has 0 radical (unpaired) electrons. The molecule has 1 nitrogen and oxygen atoms in total. The molecule has 1 aliphatic rings. The zero-order chi connectivity index (χ0) is 37.6. The van der Waals surface area contributed by atoms with Crippen LogP contribution >= 0.6 is 0 Å². The summed E-state index contributed by atoms with van der Waals surface area (Å²) >= 11 is 0. The highest BCUT2D eigenvalue weighted by atomic mass is 15.1. The summed E-state index contributed by atoms with van der Waals surface area (Å²) < 4.78 is 0. The van der Waals surface area contributed by atoms with Crippen LogP contribution < -0.4 is 4.90 Å². The van der Waals surface area contributed by atoms with E-state index >= 15 is 0 Å². The van der Waals surface area contributed by atoms with Crippen LogP contribution in [-0.2, 0) is 5.41 Å². The molecule has 0 bridgehead atoms. The largest absolute Gasteiger partial charge is 0.310 e. The Hall–Kier alpha value is -6.96. The molecule has 0 saturated carbocycles. The molecule has 0 fully saturated rings. The molecule has 0 saturated heterocycles. The zero-order valence-corrected chi connectivity index (χ0v) is 31.7. The lowest BCUT2D eigenvalue weighted by Crippen LogP contribution is -2.16. The van der Waals surface area contributed by atoms with E-state index in [0.29, 0.717) is 0 Å². The summed E-state index contributed by atoms with van der Waals surface area (Å²) in [5.74, 6) is 0. The molecule has 0 aromatic heterocycles. The minimum Gasteiger partial charge on any atom is -0.310 e. The van der Waals surface area contributed by atoms with E-state index in [1.165, 1.54) is 77.5 Å². The van der Waals surface area contributed by atoms with Crippen LogP contribution in [0, 0.1) is 0 Å². The van der Waals surface area contributed by atoms with E-state index in [9.17, 15) is 0 Å². The van der Waals surface area contributed by atoms with Gasteiger partial charge in [-0.05, 0) is 120 Å². The molecule has 9 aromatic rings. The van der Waals surface area contributed by atoms with Gasteiger partial charge in [0.15, 0.2) is 0 Å². The van der Waals surface area contributed by atoms with E-state index in [2.05, 4.69) is 231 Å². The van der Waals surface area contributed by atoms with Crippen molar-refractivity contribution in [3.05, 3.63) is 223 Å². The number of hydrogen-bond acceptors (Lipinski definition) is 1. The highest BCUT2D eigenvalue weighted by Gasteiger charge is 2.36. The van der Waals surface area contributed by atoms with Crippen LogP contribution in [0.25, 0.3) is 66.4 Å². The maximum absolute atomic E-state index is 2.42. The highest BCUT2D eigenvalue weighted by molar-refractivity contribution is 5.97. The van der Waals surface area contributed by atoms with Crippen LogP contribution in [0.15, 0.2) is 212 Å². The molecular weight excluding hydrogens is 675 g/mol. The van der Waals surface area contributed by atoms with Crippen molar-refractivity contribution < 1.29 is 0 Å². The van der Waals surface area contributed by atoms with Gasteiger partial charge in [0.2, 0.25) is 0 Å². The summed E-state index contributed by atoms with van der Waals surface area (Å²) in [6.07, 6.45) is 0. The van der Waals surface area contributed by atoms with Gasteiger partial charge in [-0.3, -0.25) is 0 Å². The molecule has 0 amide bonds. The van der Waals surface area contributed by atoms with E-state index in [0.717, 1.165) is 17.1 Å². The van der Waals surface area contributed by atoms with Crippen molar-refractivity contribution in [3.63, 3.8) is 0 Å². The quantitative estimate of drug-likeness (QED) is 0.159. The number of anilines is 3.